The molecule has 7 heteroatoms. The van der Waals surface area contributed by atoms with Gasteiger partial charge in [0.2, 0.25) is 11.8 Å². The van der Waals surface area contributed by atoms with E-state index in [4.69, 9.17) is 10.5 Å². The van der Waals surface area contributed by atoms with E-state index < -0.39 is 0 Å². The van der Waals surface area contributed by atoms with E-state index in [0.717, 1.165) is 49.4 Å². The number of halogens is 1. The molecule has 2 amide bonds. The molecular formula is C20H28ClN3O3. The highest BCUT2D eigenvalue weighted by atomic mass is 35.5. The molecule has 1 saturated carbocycles. The summed E-state index contributed by atoms with van der Waals surface area (Å²) in [5, 5.41) is 2.87. The van der Waals surface area contributed by atoms with Crippen molar-refractivity contribution in [1.82, 2.24) is 4.90 Å². The summed E-state index contributed by atoms with van der Waals surface area (Å²) in [6.07, 6.45) is 4.77. The number of amides is 2. The molecule has 2 heterocycles. The summed E-state index contributed by atoms with van der Waals surface area (Å²) in [7, 11) is 0. The average molecular weight is 394 g/mol. The predicted octanol–water partition coefficient (Wildman–Crippen LogP) is 2.35. The summed E-state index contributed by atoms with van der Waals surface area (Å²) in [5.74, 6) is 2.21. The van der Waals surface area contributed by atoms with E-state index in [1.54, 1.807) is 0 Å². The van der Waals surface area contributed by atoms with Crippen LogP contribution < -0.4 is 15.8 Å². The number of nitrogens with one attached hydrogen (secondary N) is 1. The molecule has 2 aliphatic heterocycles. The van der Waals surface area contributed by atoms with Gasteiger partial charge in [-0.2, -0.15) is 0 Å². The molecule has 3 unspecified atom stereocenters. The van der Waals surface area contributed by atoms with Crippen molar-refractivity contribution in [3.63, 3.8) is 0 Å². The van der Waals surface area contributed by atoms with Crippen LogP contribution in [0.2, 0.25) is 0 Å². The zero-order valence-corrected chi connectivity index (χ0v) is 16.3. The number of hydrogen-bond acceptors (Lipinski definition) is 4. The summed E-state index contributed by atoms with van der Waals surface area (Å²) in [5.41, 5.74) is 8.13. The number of hydrogen-bond donors (Lipinski definition) is 2. The molecule has 0 spiro atoms. The van der Waals surface area contributed by atoms with Crippen LogP contribution in [0.4, 0.5) is 5.69 Å². The minimum Gasteiger partial charge on any atom is -0.494 e. The van der Waals surface area contributed by atoms with Crippen molar-refractivity contribution >= 4 is 29.9 Å². The average Bonchev–Trinajstić information content (AvgIpc) is 3.21. The van der Waals surface area contributed by atoms with Gasteiger partial charge < -0.3 is 20.7 Å². The summed E-state index contributed by atoms with van der Waals surface area (Å²) < 4.78 is 5.80. The third-order valence-corrected chi connectivity index (χ3v) is 6.04. The fourth-order valence-electron chi connectivity index (χ4n) is 4.53. The van der Waals surface area contributed by atoms with Gasteiger partial charge in [0.15, 0.2) is 0 Å². The number of nitrogens with zero attached hydrogens (tertiary/aromatic N) is 1. The molecule has 1 saturated heterocycles. The molecule has 27 heavy (non-hydrogen) atoms. The highest BCUT2D eigenvalue weighted by Crippen LogP contribution is 2.37. The normalized spacial score (nSPS) is 26.0. The molecule has 3 atom stereocenters. The first-order chi connectivity index (χ1) is 12.6. The standard InChI is InChI=1S/C20H27N3O3.ClH/c21-17-6-3-14-11-23(12-16(14)17)20(25)2-1-9-26-15-5-7-18-13(10-15)4-8-19(24)22-18;/h5,7,10,14,16-17H,1-4,6,8-9,11-12,21H2,(H,22,24);1H. The number of rotatable bonds is 5. The predicted molar refractivity (Wildman–Crippen MR) is 106 cm³/mol. The summed E-state index contributed by atoms with van der Waals surface area (Å²) >= 11 is 0. The Morgan fingerprint density at radius 1 is 1.26 bits per heavy atom. The zero-order valence-electron chi connectivity index (χ0n) is 15.5. The summed E-state index contributed by atoms with van der Waals surface area (Å²) in [4.78, 5) is 25.8. The fraction of sp³-hybridized carbons (Fsp3) is 0.600. The molecule has 1 aromatic rings. The molecule has 1 aliphatic carbocycles. The van der Waals surface area contributed by atoms with E-state index >= 15 is 0 Å². The monoisotopic (exact) mass is 393 g/mol. The van der Waals surface area contributed by atoms with Gasteiger partial charge in [-0.1, -0.05) is 0 Å². The Morgan fingerprint density at radius 3 is 2.93 bits per heavy atom. The quantitative estimate of drug-likeness (QED) is 0.752. The Labute approximate surface area is 166 Å². The van der Waals surface area contributed by atoms with Gasteiger partial charge in [0.05, 0.1) is 6.61 Å². The van der Waals surface area contributed by atoms with Crippen molar-refractivity contribution in [2.45, 2.75) is 44.6 Å². The molecule has 3 aliphatic rings. The van der Waals surface area contributed by atoms with Crippen LogP contribution in [-0.4, -0.2) is 42.5 Å². The van der Waals surface area contributed by atoms with Gasteiger partial charge in [0.1, 0.15) is 5.75 Å². The second kappa shape index (κ2) is 8.48. The number of likely N-dealkylation sites (tertiary alicyclic amines) is 1. The van der Waals surface area contributed by atoms with Crippen LogP contribution >= 0.6 is 12.4 Å². The lowest BCUT2D eigenvalue weighted by atomic mass is 9.98. The Kier molecular flexibility index (Phi) is 6.27. The first-order valence-corrected chi connectivity index (χ1v) is 9.69. The second-order valence-corrected chi connectivity index (χ2v) is 7.78. The molecule has 6 nitrogen and oxygen atoms in total. The molecule has 0 aromatic heterocycles. The highest BCUT2D eigenvalue weighted by molar-refractivity contribution is 5.94. The maximum atomic E-state index is 12.4. The largest absolute Gasteiger partial charge is 0.494 e. The number of carbonyl (C=O) groups excluding carboxylic acids is 2. The fourth-order valence-corrected chi connectivity index (χ4v) is 4.53. The smallest absolute Gasteiger partial charge is 0.224 e. The third kappa shape index (κ3) is 4.38. The van der Waals surface area contributed by atoms with E-state index in [9.17, 15) is 9.59 Å². The molecule has 1 aromatic carbocycles. The van der Waals surface area contributed by atoms with Gasteiger partial charge >= 0.3 is 0 Å². The van der Waals surface area contributed by atoms with Gasteiger partial charge in [0, 0.05) is 37.7 Å². The molecule has 4 rings (SSSR count). The SMILES string of the molecule is Cl.NC1CCC2CN(C(=O)CCCOc3ccc4c(c3)CCC(=O)N4)CC12. The topological polar surface area (TPSA) is 84.7 Å². The number of carbonyl (C=O) groups is 2. The number of fused-ring (bicyclic) bond motifs is 2. The van der Waals surface area contributed by atoms with Gasteiger partial charge in [-0.05, 0) is 61.3 Å². The lowest BCUT2D eigenvalue weighted by Gasteiger charge is -2.19. The van der Waals surface area contributed by atoms with Crippen LogP contribution in [0.5, 0.6) is 5.75 Å². The minimum absolute atomic E-state index is 0. The van der Waals surface area contributed by atoms with E-state index in [1.165, 1.54) is 0 Å². The third-order valence-electron chi connectivity index (χ3n) is 6.04. The maximum absolute atomic E-state index is 12.4. The molecule has 0 bridgehead atoms. The molecular weight excluding hydrogens is 366 g/mol. The molecule has 0 radical (unpaired) electrons. The van der Waals surface area contributed by atoms with Crippen molar-refractivity contribution in [1.29, 1.82) is 0 Å². The van der Waals surface area contributed by atoms with Gasteiger partial charge in [0.25, 0.3) is 0 Å². The number of anilines is 1. The van der Waals surface area contributed by atoms with Crippen LogP contribution in [-0.2, 0) is 16.0 Å². The maximum Gasteiger partial charge on any atom is 0.224 e. The highest BCUT2D eigenvalue weighted by Gasteiger charge is 2.42. The van der Waals surface area contributed by atoms with Crippen molar-refractivity contribution < 1.29 is 14.3 Å². The van der Waals surface area contributed by atoms with Crippen molar-refractivity contribution in [2.24, 2.45) is 17.6 Å². The lowest BCUT2D eigenvalue weighted by molar-refractivity contribution is -0.130. The second-order valence-electron chi connectivity index (χ2n) is 7.78. The van der Waals surface area contributed by atoms with Crippen LogP contribution in [0.1, 0.15) is 37.7 Å². The van der Waals surface area contributed by atoms with Crippen LogP contribution in [0.15, 0.2) is 18.2 Å². The van der Waals surface area contributed by atoms with E-state index in [2.05, 4.69) is 5.32 Å². The molecule has 2 fully saturated rings. The van der Waals surface area contributed by atoms with Crippen molar-refractivity contribution in [3.8, 4) is 5.75 Å². The van der Waals surface area contributed by atoms with Crippen molar-refractivity contribution in [2.75, 3.05) is 25.0 Å². The summed E-state index contributed by atoms with van der Waals surface area (Å²) in [6, 6.07) is 6.02. The molecule has 148 valence electrons. The minimum atomic E-state index is 0. The first-order valence-electron chi connectivity index (χ1n) is 9.69. The van der Waals surface area contributed by atoms with E-state index in [0.29, 0.717) is 37.7 Å². The Bertz CT molecular complexity index is 712. The van der Waals surface area contributed by atoms with E-state index in [-0.39, 0.29) is 30.3 Å². The van der Waals surface area contributed by atoms with Gasteiger partial charge in [-0.25, -0.2) is 0 Å². The lowest BCUT2D eigenvalue weighted by Crippen LogP contribution is -2.33. The van der Waals surface area contributed by atoms with Crippen LogP contribution in [0.3, 0.4) is 0 Å². The van der Waals surface area contributed by atoms with Crippen LogP contribution in [0.25, 0.3) is 0 Å². The first kappa shape index (κ1) is 20.0. The molecule has 3 N–H and O–H groups in total. The number of ether oxygens (including phenoxy) is 1. The Hall–Kier alpha value is -1.79. The Balaban J connectivity index is 0.00000210. The number of benzene rings is 1. The summed E-state index contributed by atoms with van der Waals surface area (Å²) in [6.45, 7) is 2.24. The van der Waals surface area contributed by atoms with E-state index in [1.807, 2.05) is 23.1 Å². The number of aryl methyl sites for hydroxylation is 1. The van der Waals surface area contributed by atoms with Crippen molar-refractivity contribution in [3.05, 3.63) is 23.8 Å². The Morgan fingerprint density at radius 2 is 2.11 bits per heavy atom. The zero-order chi connectivity index (χ0) is 18.1. The van der Waals surface area contributed by atoms with Gasteiger partial charge in [-0.15, -0.1) is 12.4 Å². The van der Waals surface area contributed by atoms with Gasteiger partial charge in [-0.3, -0.25) is 9.59 Å². The van der Waals surface area contributed by atoms with Crippen LogP contribution in [0, 0.1) is 11.8 Å². The number of nitrogens with two attached hydrogens (primary N) is 1.